The van der Waals surface area contributed by atoms with Gasteiger partial charge < -0.3 is 14.4 Å². The maximum Gasteiger partial charge on any atom is 0.222 e. The molecule has 0 spiro atoms. The Bertz CT molecular complexity index is 837. The first-order valence-electron chi connectivity index (χ1n) is 8.26. The number of likely N-dealkylation sites (tertiary alicyclic amines) is 1. The molecule has 4 rings (SSSR count). The van der Waals surface area contributed by atoms with Gasteiger partial charge in [0.05, 0.1) is 22.6 Å². The Kier molecular flexibility index (Phi) is 3.59. The highest BCUT2D eigenvalue weighted by Gasteiger charge is 2.33. The van der Waals surface area contributed by atoms with Crippen molar-refractivity contribution in [2.24, 2.45) is 0 Å². The molecule has 2 aromatic heterocycles. The van der Waals surface area contributed by atoms with E-state index in [0.29, 0.717) is 18.8 Å². The van der Waals surface area contributed by atoms with Crippen molar-refractivity contribution in [1.29, 1.82) is 0 Å². The zero-order valence-corrected chi connectivity index (χ0v) is 13.9. The van der Waals surface area contributed by atoms with Crippen LogP contribution in [-0.4, -0.2) is 39.0 Å². The molecule has 3 aromatic rings. The van der Waals surface area contributed by atoms with Crippen LogP contribution in [0.3, 0.4) is 0 Å². The van der Waals surface area contributed by atoms with Crippen LogP contribution in [0.15, 0.2) is 28.8 Å². The van der Waals surface area contributed by atoms with Crippen LogP contribution in [0.1, 0.15) is 35.2 Å². The first kappa shape index (κ1) is 14.9. The summed E-state index contributed by atoms with van der Waals surface area (Å²) >= 11 is 0. The lowest BCUT2D eigenvalue weighted by molar-refractivity contribution is -0.135. The summed E-state index contributed by atoms with van der Waals surface area (Å²) in [5.74, 6) is 2.28. The van der Waals surface area contributed by atoms with Crippen LogP contribution in [0.25, 0.3) is 11.0 Å². The molecule has 1 saturated heterocycles. The third-order valence-electron chi connectivity index (χ3n) is 4.80. The summed E-state index contributed by atoms with van der Waals surface area (Å²) in [4.78, 5) is 22.2. The number of aryl methyl sites for hydroxylation is 2. The van der Waals surface area contributed by atoms with Gasteiger partial charge in [-0.15, -0.1) is 0 Å². The van der Waals surface area contributed by atoms with Crippen molar-refractivity contribution < 1.29 is 9.32 Å². The smallest absolute Gasteiger partial charge is 0.222 e. The lowest BCUT2D eigenvalue weighted by atomic mass is 9.98. The highest BCUT2D eigenvalue weighted by atomic mass is 16.5. The van der Waals surface area contributed by atoms with Gasteiger partial charge in [-0.25, -0.2) is 4.98 Å². The van der Waals surface area contributed by atoms with Crippen LogP contribution in [0, 0.1) is 13.8 Å². The minimum atomic E-state index is 0.183. The molecule has 1 N–H and O–H groups in total. The highest BCUT2D eigenvalue weighted by molar-refractivity contribution is 5.78. The van der Waals surface area contributed by atoms with Gasteiger partial charge in [-0.3, -0.25) is 4.79 Å². The molecule has 0 aliphatic carbocycles. The average Bonchev–Trinajstić information content (AvgIpc) is 3.07. The first-order valence-corrected chi connectivity index (χ1v) is 8.26. The molecule has 0 saturated carbocycles. The predicted octanol–water partition coefficient (Wildman–Crippen LogP) is 2.73. The number of aromatic nitrogens is 3. The van der Waals surface area contributed by atoms with Gasteiger partial charge in [-0.2, -0.15) is 0 Å². The number of fused-ring (bicyclic) bond motifs is 1. The Morgan fingerprint density at radius 3 is 2.83 bits per heavy atom. The predicted molar refractivity (Wildman–Crippen MR) is 89.7 cm³/mol. The second-order valence-electron chi connectivity index (χ2n) is 6.44. The summed E-state index contributed by atoms with van der Waals surface area (Å²) in [5, 5.41) is 3.93. The molecule has 6 nitrogen and oxygen atoms in total. The van der Waals surface area contributed by atoms with Gasteiger partial charge in [-0.05, 0) is 32.4 Å². The third kappa shape index (κ3) is 2.58. The number of nitrogens with one attached hydrogen (secondary N) is 1. The molecule has 24 heavy (non-hydrogen) atoms. The van der Waals surface area contributed by atoms with Crippen molar-refractivity contribution in [1.82, 2.24) is 20.0 Å². The summed E-state index contributed by atoms with van der Waals surface area (Å²) in [7, 11) is 0. The summed E-state index contributed by atoms with van der Waals surface area (Å²) in [6.45, 7) is 5.28. The molecule has 1 aromatic carbocycles. The number of benzene rings is 1. The lowest BCUT2D eigenvalue weighted by Crippen LogP contribution is -2.48. The van der Waals surface area contributed by atoms with Crippen molar-refractivity contribution in [3.63, 3.8) is 0 Å². The number of amides is 1. The number of rotatable bonds is 4. The first-order chi connectivity index (χ1) is 11.6. The zero-order chi connectivity index (χ0) is 16.7. The Morgan fingerprint density at radius 2 is 2.12 bits per heavy atom. The molecule has 0 atom stereocenters. The van der Waals surface area contributed by atoms with E-state index in [1.165, 1.54) is 0 Å². The summed E-state index contributed by atoms with van der Waals surface area (Å²) in [6.07, 6.45) is 1.18. The Balaban J connectivity index is 1.34. The highest BCUT2D eigenvalue weighted by Crippen LogP contribution is 2.27. The van der Waals surface area contributed by atoms with Gasteiger partial charge in [0.25, 0.3) is 0 Å². The molecule has 1 fully saturated rings. The van der Waals surface area contributed by atoms with Crippen molar-refractivity contribution in [2.45, 2.75) is 32.6 Å². The number of para-hydroxylation sites is 2. The maximum atomic E-state index is 12.3. The number of H-pyrrole nitrogens is 1. The van der Waals surface area contributed by atoms with Gasteiger partial charge in [0.1, 0.15) is 11.6 Å². The molecule has 0 unspecified atom stereocenters. The Morgan fingerprint density at radius 1 is 1.33 bits per heavy atom. The van der Waals surface area contributed by atoms with Gasteiger partial charge >= 0.3 is 0 Å². The second kappa shape index (κ2) is 5.78. The molecule has 1 amide bonds. The number of hydrogen-bond donors (Lipinski definition) is 1. The van der Waals surface area contributed by atoms with Crippen LogP contribution >= 0.6 is 0 Å². The monoisotopic (exact) mass is 324 g/mol. The third-order valence-corrected chi connectivity index (χ3v) is 4.80. The van der Waals surface area contributed by atoms with Crippen molar-refractivity contribution in [3.05, 3.63) is 47.1 Å². The number of carbonyl (C=O) groups is 1. The number of imidazole rings is 1. The van der Waals surface area contributed by atoms with E-state index < -0.39 is 0 Å². The van der Waals surface area contributed by atoms with E-state index in [4.69, 9.17) is 4.52 Å². The van der Waals surface area contributed by atoms with Crippen LogP contribution in [0.5, 0.6) is 0 Å². The van der Waals surface area contributed by atoms with Gasteiger partial charge in [0.2, 0.25) is 5.91 Å². The van der Waals surface area contributed by atoms with Crippen LogP contribution in [-0.2, 0) is 11.2 Å². The molecule has 0 radical (unpaired) electrons. The van der Waals surface area contributed by atoms with Gasteiger partial charge in [0, 0.05) is 25.1 Å². The SMILES string of the molecule is Cc1noc(C)c1CCC(=O)N1CC(c2nc3ccccc3[nH]2)C1. The van der Waals surface area contributed by atoms with Gasteiger partial charge in [0.15, 0.2) is 0 Å². The van der Waals surface area contributed by atoms with Crippen LogP contribution in [0.2, 0.25) is 0 Å². The van der Waals surface area contributed by atoms with E-state index in [2.05, 4.69) is 15.1 Å². The average molecular weight is 324 g/mol. The number of carbonyl (C=O) groups excluding carboxylic acids is 1. The molecular weight excluding hydrogens is 304 g/mol. The van der Waals surface area contributed by atoms with E-state index in [1.807, 2.05) is 43.0 Å². The minimum Gasteiger partial charge on any atom is -0.361 e. The van der Waals surface area contributed by atoms with Crippen molar-refractivity contribution in [2.75, 3.05) is 13.1 Å². The van der Waals surface area contributed by atoms with E-state index >= 15 is 0 Å². The normalized spacial score (nSPS) is 15.0. The van der Waals surface area contributed by atoms with E-state index in [0.717, 1.165) is 47.0 Å². The van der Waals surface area contributed by atoms with E-state index in [-0.39, 0.29) is 5.91 Å². The summed E-state index contributed by atoms with van der Waals surface area (Å²) in [6, 6.07) is 8.01. The maximum absolute atomic E-state index is 12.3. The van der Waals surface area contributed by atoms with Crippen molar-refractivity contribution >= 4 is 16.9 Å². The fourth-order valence-corrected chi connectivity index (χ4v) is 3.27. The summed E-state index contributed by atoms with van der Waals surface area (Å²) in [5.41, 5.74) is 3.97. The minimum absolute atomic E-state index is 0.183. The number of nitrogens with zero attached hydrogens (tertiary/aromatic N) is 3. The second-order valence-corrected chi connectivity index (χ2v) is 6.44. The molecule has 0 bridgehead atoms. The van der Waals surface area contributed by atoms with Crippen molar-refractivity contribution in [3.8, 4) is 0 Å². The van der Waals surface area contributed by atoms with Crippen LogP contribution < -0.4 is 0 Å². The molecule has 6 heteroatoms. The number of aromatic amines is 1. The molecule has 1 aliphatic heterocycles. The van der Waals surface area contributed by atoms with E-state index in [1.54, 1.807) is 0 Å². The standard InChI is InChI=1S/C18H20N4O2/c1-11-14(12(2)24-21-11)7-8-17(23)22-9-13(10-22)18-19-15-5-3-4-6-16(15)20-18/h3-6,13H,7-10H2,1-2H3,(H,19,20). The number of hydrogen-bond acceptors (Lipinski definition) is 4. The molecule has 1 aliphatic rings. The Hall–Kier alpha value is -2.63. The quantitative estimate of drug-likeness (QED) is 0.800. The van der Waals surface area contributed by atoms with Crippen LogP contribution in [0.4, 0.5) is 0 Å². The zero-order valence-electron chi connectivity index (χ0n) is 13.9. The largest absolute Gasteiger partial charge is 0.361 e. The molecular formula is C18H20N4O2. The van der Waals surface area contributed by atoms with E-state index in [9.17, 15) is 4.79 Å². The molecule has 3 heterocycles. The summed E-state index contributed by atoms with van der Waals surface area (Å²) < 4.78 is 5.14. The topological polar surface area (TPSA) is 75.0 Å². The molecule has 124 valence electrons. The lowest BCUT2D eigenvalue weighted by Gasteiger charge is -2.38. The fourth-order valence-electron chi connectivity index (χ4n) is 3.27. The van der Waals surface area contributed by atoms with Gasteiger partial charge in [-0.1, -0.05) is 17.3 Å². The fraction of sp³-hybridized carbons (Fsp3) is 0.389. The Labute approximate surface area is 139 Å².